The number of nitrogens with zero attached hydrogens (tertiary/aromatic N) is 2. The van der Waals surface area contributed by atoms with E-state index in [0.29, 0.717) is 33.8 Å². The molecule has 2 heterocycles. The van der Waals surface area contributed by atoms with E-state index in [1.54, 1.807) is 19.1 Å². The monoisotopic (exact) mass is 415 g/mol. The SMILES string of the molecule is CCCC(C)(CO)Nc1nc(-c2ccc(C)c(O)c2)c2c(N)c(C(N)=O)sc2n1. The quantitative estimate of drug-likeness (QED) is 0.398. The number of hydrogen-bond acceptors (Lipinski definition) is 8. The lowest BCUT2D eigenvalue weighted by Crippen LogP contribution is -2.39. The number of hydrogen-bond donors (Lipinski definition) is 5. The van der Waals surface area contributed by atoms with Gasteiger partial charge in [-0.25, -0.2) is 9.97 Å². The number of aryl methyl sites for hydroxylation is 1. The van der Waals surface area contributed by atoms with E-state index in [-0.39, 0.29) is 22.9 Å². The van der Waals surface area contributed by atoms with Crippen LogP contribution in [0.5, 0.6) is 5.75 Å². The van der Waals surface area contributed by atoms with Crippen molar-refractivity contribution in [2.45, 2.75) is 39.2 Å². The van der Waals surface area contributed by atoms with Gasteiger partial charge in [0.15, 0.2) is 0 Å². The highest BCUT2D eigenvalue weighted by molar-refractivity contribution is 7.21. The molecule has 0 spiro atoms. The summed E-state index contributed by atoms with van der Waals surface area (Å²) in [5.41, 5.74) is 13.1. The summed E-state index contributed by atoms with van der Waals surface area (Å²) in [7, 11) is 0. The molecule has 0 aliphatic rings. The fraction of sp³-hybridized carbons (Fsp3) is 0.350. The van der Waals surface area contributed by atoms with Gasteiger partial charge in [-0.05, 0) is 31.9 Å². The first kappa shape index (κ1) is 20.8. The van der Waals surface area contributed by atoms with Gasteiger partial charge in [-0.1, -0.05) is 25.5 Å². The number of aromatic hydroxyl groups is 1. The van der Waals surface area contributed by atoms with Crippen molar-refractivity contribution in [1.82, 2.24) is 9.97 Å². The van der Waals surface area contributed by atoms with Crippen LogP contribution in [0.2, 0.25) is 0 Å². The average molecular weight is 416 g/mol. The van der Waals surface area contributed by atoms with Crippen molar-refractivity contribution in [2.24, 2.45) is 5.73 Å². The van der Waals surface area contributed by atoms with Crippen molar-refractivity contribution in [1.29, 1.82) is 0 Å². The van der Waals surface area contributed by atoms with Crippen LogP contribution in [-0.2, 0) is 0 Å². The van der Waals surface area contributed by atoms with E-state index in [2.05, 4.69) is 15.3 Å². The largest absolute Gasteiger partial charge is 0.508 e. The number of nitrogen functional groups attached to an aromatic ring is 1. The molecule has 29 heavy (non-hydrogen) atoms. The fourth-order valence-corrected chi connectivity index (χ4v) is 4.18. The Morgan fingerprint density at radius 3 is 2.66 bits per heavy atom. The summed E-state index contributed by atoms with van der Waals surface area (Å²) >= 11 is 1.09. The Morgan fingerprint density at radius 2 is 2.07 bits per heavy atom. The van der Waals surface area contributed by atoms with Crippen molar-refractivity contribution in [3.8, 4) is 17.0 Å². The molecule has 0 aliphatic carbocycles. The minimum absolute atomic E-state index is 0.0952. The number of phenolic OH excluding ortho intramolecular Hbond substituents is 1. The maximum atomic E-state index is 11.8. The zero-order valence-corrected chi connectivity index (χ0v) is 17.4. The lowest BCUT2D eigenvalue weighted by atomic mass is 9.97. The predicted molar refractivity (Wildman–Crippen MR) is 116 cm³/mol. The number of thiophene rings is 1. The number of nitrogens with one attached hydrogen (secondary N) is 1. The van der Waals surface area contributed by atoms with E-state index in [9.17, 15) is 15.0 Å². The summed E-state index contributed by atoms with van der Waals surface area (Å²) in [6.07, 6.45) is 1.58. The summed E-state index contributed by atoms with van der Waals surface area (Å²) in [6, 6.07) is 5.19. The number of aromatic nitrogens is 2. The highest BCUT2D eigenvalue weighted by Crippen LogP contribution is 2.40. The van der Waals surface area contributed by atoms with E-state index in [4.69, 9.17) is 11.5 Å². The molecule has 0 saturated heterocycles. The number of phenols is 1. The Kier molecular flexibility index (Phi) is 5.63. The van der Waals surface area contributed by atoms with Crippen molar-refractivity contribution in [3.63, 3.8) is 0 Å². The minimum Gasteiger partial charge on any atom is -0.508 e. The molecule has 7 N–H and O–H groups in total. The van der Waals surface area contributed by atoms with Crippen molar-refractivity contribution >= 4 is 39.1 Å². The first-order valence-corrected chi connectivity index (χ1v) is 10.1. The van der Waals surface area contributed by atoms with Crippen LogP contribution in [0.15, 0.2) is 18.2 Å². The topological polar surface area (TPSA) is 147 Å². The van der Waals surface area contributed by atoms with Crippen LogP contribution in [0.1, 0.15) is 41.9 Å². The molecule has 1 unspecified atom stereocenters. The standard InChI is InChI=1S/C20H25N5O3S/c1-4-7-20(3,9-26)25-19-23-15(11-6-5-10(2)12(27)8-11)13-14(21)16(17(22)28)29-18(13)24-19/h5-6,8,26-27H,4,7,9,21H2,1-3H3,(H2,22,28)(H,23,24,25). The Morgan fingerprint density at radius 1 is 1.34 bits per heavy atom. The molecule has 154 valence electrons. The molecule has 0 saturated carbocycles. The van der Waals surface area contributed by atoms with Gasteiger partial charge in [0.25, 0.3) is 5.91 Å². The first-order valence-electron chi connectivity index (χ1n) is 9.28. The van der Waals surface area contributed by atoms with Gasteiger partial charge in [-0.3, -0.25) is 4.79 Å². The van der Waals surface area contributed by atoms with Crippen molar-refractivity contribution in [3.05, 3.63) is 28.6 Å². The molecular formula is C20H25N5O3S. The number of nitrogens with two attached hydrogens (primary N) is 2. The number of primary amides is 1. The molecule has 0 bridgehead atoms. The average Bonchev–Trinajstić information content (AvgIpc) is 3.00. The highest BCUT2D eigenvalue weighted by atomic mass is 32.1. The number of aliphatic hydroxyl groups excluding tert-OH is 1. The summed E-state index contributed by atoms with van der Waals surface area (Å²) in [5, 5.41) is 23.7. The van der Waals surface area contributed by atoms with Gasteiger partial charge >= 0.3 is 0 Å². The second-order valence-electron chi connectivity index (χ2n) is 7.38. The smallest absolute Gasteiger partial charge is 0.260 e. The van der Waals surface area contributed by atoms with Crippen LogP contribution in [0.3, 0.4) is 0 Å². The van der Waals surface area contributed by atoms with Crippen LogP contribution in [0, 0.1) is 6.92 Å². The highest BCUT2D eigenvalue weighted by Gasteiger charge is 2.26. The van der Waals surface area contributed by atoms with E-state index < -0.39 is 11.4 Å². The molecule has 3 aromatic rings. The minimum atomic E-state index is -0.635. The molecule has 1 aromatic carbocycles. The second-order valence-corrected chi connectivity index (χ2v) is 8.38. The lowest BCUT2D eigenvalue weighted by molar-refractivity contribution is 0.100. The summed E-state index contributed by atoms with van der Waals surface area (Å²) in [5.74, 6) is -0.211. The number of benzene rings is 1. The van der Waals surface area contributed by atoms with Gasteiger partial charge in [-0.2, -0.15) is 0 Å². The molecule has 0 aliphatic heterocycles. The van der Waals surface area contributed by atoms with Crippen molar-refractivity contribution < 1.29 is 15.0 Å². The third-order valence-electron chi connectivity index (χ3n) is 4.86. The van der Waals surface area contributed by atoms with Crippen LogP contribution in [-0.4, -0.2) is 38.2 Å². The molecular weight excluding hydrogens is 390 g/mol. The number of carbonyl (C=O) groups excluding carboxylic acids is 1. The third kappa shape index (κ3) is 3.96. The van der Waals surface area contributed by atoms with Crippen LogP contribution < -0.4 is 16.8 Å². The predicted octanol–water partition coefficient (Wildman–Crippen LogP) is 3.02. The van der Waals surface area contributed by atoms with Gasteiger partial charge in [0.2, 0.25) is 5.95 Å². The van der Waals surface area contributed by atoms with Gasteiger partial charge in [0.1, 0.15) is 15.5 Å². The summed E-state index contributed by atoms with van der Waals surface area (Å²) in [6.45, 7) is 5.61. The number of amides is 1. The zero-order valence-electron chi connectivity index (χ0n) is 16.6. The van der Waals surface area contributed by atoms with E-state index in [1.807, 2.05) is 19.9 Å². The zero-order chi connectivity index (χ0) is 21.3. The van der Waals surface area contributed by atoms with Gasteiger partial charge in [0.05, 0.1) is 28.9 Å². The normalized spacial score (nSPS) is 13.4. The van der Waals surface area contributed by atoms with Crippen molar-refractivity contribution in [2.75, 3.05) is 17.7 Å². The third-order valence-corrected chi connectivity index (χ3v) is 5.97. The molecule has 0 radical (unpaired) electrons. The van der Waals surface area contributed by atoms with E-state index >= 15 is 0 Å². The summed E-state index contributed by atoms with van der Waals surface area (Å²) in [4.78, 5) is 21.6. The van der Waals surface area contributed by atoms with Gasteiger partial charge < -0.3 is 27.0 Å². The van der Waals surface area contributed by atoms with Gasteiger partial charge in [-0.15, -0.1) is 11.3 Å². The number of carbonyl (C=O) groups is 1. The molecule has 8 nitrogen and oxygen atoms in total. The fourth-order valence-electron chi connectivity index (χ4n) is 3.23. The molecule has 1 amide bonds. The van der Waals surface area contributed by atoms with Crippen LogP contribution in [0.25, 0.3) is 21.5 Å². The molecule has 9 heteroatoms. The number of anilines is 2. The van der Waals surface area contributed by atoms with E-state index in [0.717, 1.165) is 23.3 Å². The Hall–Kier alpha value is -2.91. The Bertz CT molecular complexity index is 1080. The van der Waals surface area contributed by atoms with E-state index in [1.165, 1.54) is 0 Å². The number of rotatable bonds is 7. The Balaban J connectivity index is 2.25. The van der Waals surface area contributed by atoms with Gasteiger partial charge in [0, 0.05) is 5.56 Å². The molecule has 3 rings (SSSR count). The molecule has 0 fully saturated rings. The molecule has 2 aromatic heterocycles. The maximum absolute atomic E-state index is 11.8. The first-order chi connectivity index (χ1) is 13.7. The van der Waals surface area contributed by atoms with Crippen LogP contribution >= 0.6 is 11.3 Å². The number of fused-ring (bicyclic) bond motifs is 1. The second kappa shape index (κ2) is 7.84. The number of aliphatic hydroxyl groups is 1. The lowest BCUT2D eigenvalue weighted by Gasteiger charge is -2.28. The Labute approximate surface area is 172 Å². The molecule has 1 atom stereocenters. The maximum Gasteiger partial charge on any atom is 0.260 e. The van der Waals surface area contributed by atoms with Crippen LogP contribution in [0.4, 0.5) is 11.6 Å². The summed E-state index contributed by atoms with van der Waals surface area (Å²) < 4.78 is 0.